The van der Waals surface area contributed by atoms with Crippen LogP contribution >= 0.6 is 0 Å². The van der Waals surface area contributed by atoms with Crippen LogP contribution in [0.3, 0.4) is 0 Å². The Balaban J connectivity index is 2.36. The highest BCUT2D eigenvalue weighted by molar-refractivity contribution is 6.06. The van der Waals surface area contributed by atoms with E-state index >= 15 is 0 Å². The van der Waals surface area contributed by atoms with Gasteiger partial charge in [-0.1, -0.05) is 19.1 Å². The highest BCUT2D eigenvalue weighted by Crippen LogP contribution is 2.32. The first-order valence-corrected chi connectivity index (χ1v) is 6.51. The van der Waals surface area contributed by atoms with Gasteiger partial charge < -0.3 is 10.6 Å². The largest absolute Gasteiger partial charge is 0.398 e. The number of nitrogen functional groups attached to an aromatic ring is 1. The summed E-state index contributed by atoms with van der Waals surface area (Å²) in [5, 5.41) is 0. The molecule has 1 aromatic carbocycles. The van der Waals surface area contributed by atoms with E-state index in [-0.39, 0.29) is 5.91 Å². The van der Waals surface area contributed by atoms with E-state index in [0.717, 1.165) is 48.3 Å². The third kappa shape index (κ3) is 2.26. The number of nitrogens with zero attached hydrogens (tertiary/aromatic N) is 1. The van der Waals surface area contributed by atoms with E-state index in [1.807, 2.05) is 43.0 Å². The molecule has 1 aliphatic heterocycles. The third-order valence-electron chi connectivity index (χ3n) is 3.38. The molecule has 96 valence electrons. The Hall–Kier alpha value is -1.77. The zero-order chi connectivity index (χ0) is 13.1. The van der Waals surface area contributed by atoms with Gasteiger partial charge in [0, 0.05) is 23.5 Å². The molecule has 3 heteroatoms. The molecule has 3 nitrogen and oxygen atoms in total. The first kappa shape index (κ1) is 12.7. The number of carbonyl (C=O) groups is 1. The number of amides is 1. The molecule has 1 aliphatic rings. The van der Waals surface area contributed by atoms with E-state index in [1.165, 1.54) is 0 Å². The van der Waals surface area contributed by atoms with E-state index < -0.39 is 0 Å². The molecule has 0 bridgehead atoms. The first-order valence-electron chi connectivity index (χ1n) is 6.51. The van der Waals surface area contributed by atoms with Crippen LogP contribution in [0.1, 0.15) is 32.3 Å². The maximum atomic E-state index is 12.4. The molecule has 18 heavy (non-hydrogen) atoms. The lowest BCUT2D eigenvalue weighted by Crippen LogP contribution is -2.36. The van der Waals surface area contributed by atoms with E-state index in [1.54, 1.807) is 0 Å². The normalized spacial score (nSPS) is 15.4. The molecule has 1 heterocycles. The summed E-state index contributed by atoms with van der Waals surface area (Å²) >= 11 is 0. The van der Waals surface area contributed by atoms with Crippen LogP contribution in [0.15, 0.2) is 29.8 Å². The minimum absolute atomic E-state index is 0.100. The number of allylic oxidation sites excluding steroid dienone is 1. The molecule has 2 N–H and O–H groups in total. The number of nitrogens with two attached hydrogens (primary N) is 1. The maximum absolute atomic E-state index is 12.4. The van der Waals surface area contributed by atoms with E-state index in [9.17, 15) is 4.79 Å². The number of anilines is 2. The topological polar surface area (TPSA) is 46.3 Å². The van der Waals surface area contributed by atoms with Crippen molar-refractivity contribution in [1.82, 2.24) is 0 Å². The lowest BCUT2D eigenvalue weighted by molar-refractivity contribution is -0.115. The Labute approximate surface area is 108 Å². The second kappa shape index (κ2) is 5.25. The van der Waals surface area contributed by atoms with Crippen molar-refractivity contribution in [3.63, 3.8) is 0 Å². The van der Waals surface area contributed by atoms with Gasteiger partial charge in [-0.15, -0.1) is 0 Å². The van der Waals surface area contributed by atoms with Crippen molar-refractivity contribution < 1.29 is 4.79 Å². The zero-order valence-electron chi connectivity index (χ0n) is 11.1. The van der Waals surface area contributed by atoms with Gasteiger partial charge >= 0.3 is 0 Å². The van der Waals surface area contributed by atoms with Crippen LogP contribution in [-0.2, 0) is 11.2 Å². The van der Waals surface area contributed by atoms with Gasteiger partial charge in [-0.3, -0.25) is 4.79 Å². The number of hydrogen-bond acceptors (Lipinski definition) is 2. The van der Waals surface area contributed by atoms with Gasteiger partial charge in [0.25, 0.3) is 5.91 Å². The fraction of sp³-hybridized carbons (Fsp3) is 0.400. The van der Waals surface area contributed by atoms with Gasteiger partial charge in [0.1, 0.15) is 0 Å². The minimum atomic E-state index is 0.100. The highest BCUT2D eigenvalue weighted by Gasteiger charge is 2.24. The molecule has 1 amide bonds. The Bertz CT molecular complexity index is 491. The smallest absolute Gasteiger partial charge is 0.253 e. The van der Waals surface area contributed by atoms with Gasteiger partial charge in [0.15, 0.2) is 0 Å². The van der Waals surface area contributed by atoms with Gasteiger partial charge in [0.2, 0.25) is 0 Å². The van der Waals surface area contributed by atoms with Gasteiger partial charge in [-0.25, -0.2) is 0 Å². The molecule has 0 unspecified atom stereocenters. The Morgan fingerprint density at radius 3 is 3.00 bits per heavy atom. The van der Waals surface area contributed by atoms with Crippen molar-refractivity contribution in [3.05, 3.63) is 35.4 Å². The Morgan fingerprint density at radius 1 is 1.50 bits per heavy atom. The van der Waals surface area contributed by atoms with Crippen molar-refractivity contribution in [2.24, 2.45) is 0 Å². The molecule has 0 aromatic heterocycles. The molecule has 0 saturated heterocycles. The summed E-state index contributed by atoms with van der Waals surface area (Å²) in [4.78, 5) is 14.2. The van der Waals surface area contributed by atoms with Crippen LogP contribution in [0, 0.1) is 0 Å². The van der Waals surface area contributed by atoms with Crippen LogP contribution in [0.4, 0.5) is 11.4 Å². The summed E-state index contributed by atoms with van der Waals surface area (Å²) < 4.78 is 0. The Morgan fingerprint density at radius 2 is 2.28 bits per heavy atom. The van der Waals surface area contributed by atoms with E-state index in [0.29, 0.717) is 0 Å². The van der Waals surface area contributed by atoms with Gasteiger partial charge in [0.05, 0.1) is 0 Å². The Kier molecular flexibility index (Phi) is 3.70. The average molecular weight is 244 g/mol. The molecule has 0 radical (unpaired) electrons. The van der Waals surface area contributed by atoms with Gasteiger partial charge in [-0.05, 0) is 43.9 Å². The molecular formula is C15H20N2O. The lowest BCUT2D eigenvalue weighted by atomic mass is 9.99. The van der Waals surface area contributed by atoms with Crippen LogP contribution in [-0.4, -0.2) is 12.5 Å². The molecular weight excluding hydrogens is 224 g/mol. The minimum Gasteiger partial charge on any atom is -0.398 e. The monoisotopic (exact) mass is 244 g/mol. The summed E-state index contributed by atoms with van der Waals surface area (Å²) in [5.74, 6) is 0.100. The van der Waals surface area contributed by atoms with Gasteiger partial charge in [-0.2, -0.15) is 0 Å². The zero-order valence-corrected chi connectivity index (χ0v) is 11.1. The van der Waals surface area contributed by atoms with E-state index in [4.69, 9.17) is 5.73 Å². The van der Waals surface area contributed by atoms with Crippen molar-refractivity contribution in [3.8, 4) is 0 Å². The first-order chi connectivity index (χ1) is 8.65. The van der Waals surface area contributed by atoms with Crippen LogP contribution < -0.4 is 10.6 Å². The van der Waals surface area contributed by atoms with Crippen molar-refractivity contribution in [1.29, 1.82) is 0 Å². The molecule has 0 aliphatic carbocycles. The fourth-order valence-corrected chi connectivity index (χ4v) is 2.47. The molecule has 2 rings (SSSR count). The van der Waals surface area contributed by atoms with Crippen LogP contribution in [0.5, 0.6) is 0 Å². The molecule has 0 saturated carbocycles. The summed E-state index contributed by atoms with van der Waals surface area (Å²) in [6.45, 7) is 4.70. The fourth-order valence-electron chi connectivity index (χ4n) is 2.47. The predicted molar refractivity (Wildman–Crippen MR) is 75.6 cm³/mol. The summed E-state index contributed by atoms with van der Waals surface area (Å²) in [6.07, 6.45) is 4.80. The molecule has 0 spiro atoms. The summed E-state index contributed by atoms with van der Waals surface area (Å²) in [5.41, 5.74) is 9.69. The number of fused-ring (bicyclic) bond motifs is 1. The van der Waals surface area contributed by atoms with Crippen LogP contribution in [0.2, 0.25) is 0 Å². The van der Waals surface area contributed by atoms with Crippen LogP contribution in [0.25, 0.3) is 0 Å². The number of carbonyl (C=O) groups excluding carboxylic acids is 1. The summed E-state index contributed by atoms with van der Waals surface area (Å²) in [6, 6.07) is 5.81. The number of rotatable bonds is 2. The van der Waals surface area contributed by atoms with Crippen molar-refractivity contribution in [2.75, 3.05) is 17.2 Å². The summed E-state index contributed by atoms with van der Waals surface area (Å²) in [7, 11) is 0. The molecule has 1 aromatic rings. The average Bonchev–Trinajstić information content (AvgIpc) is 2.38. The van der Waals surface area contributed by atoms with Crippen molar-refractivity contribution >= 4 is 17.3 Å². The van der Waals surface area contributed by atoms with Crippen molar-refractivity contribution in [2.45, 2.75) is 33.1 Å². The predicted octanol–water partition coefficient (Wildman–Crippen LogP) is 2.90. The molecule has 0 atom stereocenters. The SMILES string of the molecule is CC/C=C(/C)C(=O)N1CCCc2c(N)cccc21. The number of benzene rings is 1. The van der Waals surface area contributed by atoms with E-state index in [2.05, 4.69) is 0 Å². The number of hydrogen-bond donors (Lipinski definition) is 1. The lowest BCUT2D eigenvalue weighted by Gasteiger charge is -2.30. The second-order valence-corrected chi connectivity index (χ2v) is 4.70. The quantitative estimate of drug-likeness (QED) is 0.642. The molecule has 0 fully saturated rings. The highest BCUT2D eigenvalue weighted by atomic mass is 16.2. The standard InChI is InChI=1S/C15H20N2O/c1-3-6-11(2)15(18)17-10-5-7-12-13(16)8-4-9-14(12)17/h4,6,8-9H,3,5,7,10,16H2,1-2H3/b11-6-. The maximum Gasteiger partial charge on any atom is 0.253 e. The third-order valence-corrected chi connectivity index (χ3v) is 3.38. The second-order valence-electron chi connectivity index (χ2n) is 4.70.